The van der Waals surface area contributed by atoms with Gasteiger partial charge in [-0.15, -0.1) is 0 Å². The maximum atomic E-state index is 12.2. The van der Waals surface area contributed by atoms with Gasteiger partial charge in [0, 0.05) is 31.8 Å². The molecule has 0 aliphatic heterocycles. The summed E-state index contributed by atoms with van der Waals surface area (Å²) in [6.07, 6.45) is 4.34. The molecule has 7 heteroatoms. The fourth-order valence-electron chi connectivity index (χ4n) is 2.20. The molecule has 0 atom stereocenters. The lowest BCUT2D eigenvalue weighted by Crippen LogP contribution is -2.36. The van der Waals surface area contributed by atoms with Crippen LogP contribution in [0.5, 0.6) is 0 Å². The molecule has 0 fully saturated rings. The Labute approximate surface area is 166 Å². The van der Waals surface area contributed by atoms with Crippen LogP contribution < -0.4 is 0 Å². The number of nitrogens with zero attached hydrogens (tertiary/aromatic N) is 1. The number of ketones is 1. The number of aromatic nitrogens is 1. The van der Waals surface area contributed by atoms with Gasteiger partial charge < -0.3 is 14.2 Å². The van der Waals surface area contributed by atoms with E-state index in [0.717, 1.165) is 6.42 Å². The first-order chi connectivity index (χ1) is 13.2. The lowest BCUT2D eigenvalue weighted by atomic mass is 9.99. The van der Waals surface area contributed by atoms with Crippen molar-refractivity contribution in [1.82, 2.24) is 4.98 Å². The summed E-state index contributed by atoms with van der Waals surface area (Å²) in [5, 5.41) is 0. The van der Waals surface area contributed by atoms with Gasteiger partial charge in [-0.3, -0.25) is 14.6 Å². The van der Waals surface area contributed by atoms with Crippen LogP contribution in [-0.4, -0.2) is 48.1 Å². The van der Waals surface area contributed by atoms with Gasteiger partial charge in [0.1, 0.15) is 5.60 Å². The fourth-order valence-corrected chi connectivity index (χ4v) is 2.20. The summed E-state index contributed by atoms with van der Waals surface area (Å²) in [7, 11) is 0. The Hall–Kier alpha value is -2.28. The van der Waals surface area contributed by atoms with E-state index < -0.39 is 17.5 Å². The average molecular weight is 393 g/mol. The molecule has 0 unspecified atom stereocenters. The highest BCUT2D eigenvalue weighted by Gasteiger charge is 2.28. The fraction of sp³-hybridized carbons (Fsp3) is 0.619. The first kappa shape index (κ1) is 23.8. The van der Waals surface area contributed by atoms with E-state index in [1.807, 2.05) is 0 Å². The number of rotatable bonds is 13. The van der Waals surface area contributed by atoms with Gasteiger partial charge in [-0.1, -0.05) is 13.8 Å². The second kappa shape index (κ2) is 12.2. The molecule has 28 heavy (non-hydrogen) atoms. The third kappa shape index (κ3) is 9.60. The van der Waals surface area contributed by atoms with Crippen molar-refractivity contribution in [1.29, 1.82) is 0 Å². The van der Waals surface area contributed by atoms with Crippen molar-refractivity contribution >= 4 is 17.7 Å². The van der Waals surface area contributed by atoms with Crippen LogP contribution in [0.2, 0.25) is 0 Å². The highest BCUT2D eigenvalue weighted by Crippen LogP contribution is 2.16. The number of hydrogen-bond acceptors (Lipinski definition) is 7. The number of Topliss-reactive ketones (excluding diaryl/α,β-unsaturated/α-hetero) is 1. The van der Waals surface area contributed by atoms with Gasteiger partial charge >= 0.3 is 11.9 Å². The number of ether oxygens (including phenoxy) is 3. The van der Waals surface area contributed by atoms with Gasteiger partial charge in [-0.2, -0.15) is 0 Å². The normalized spacial score (nSPS) is 11.3. The van der Waals surface area contributed by atoms with Crippen molar-refractivity contribution in [3.8, 4) is 0 Å². The van der Waals surface area contributed by atoms with E-state index in [-0.39, 0.29) is 31.8 Å². The summed E-state index contributed by atoms with van der Waals surface area (Å²) in [5.41, 5.74) is -0.536. The van der Waals surface area contributed by atoms with Crippen LogP contribution in [-0.2, 0) is 23.8 Å². The molecule has 0 N–H and O–H groups in total. The van der Waals surface area contributed by atoms with Crippen LogP contribution in [0.3, 0.4) is 0 Å². The summed E-state index contributed by atoms with van der Waals surface area (Å²) in [6, 6.07) is 3.26. The predicted molar refractivity (Wildman–Crippen MR) is 104 cm³/mol. The van der Waals surface area contributed by atoms with E-state index in [1.54, 1.807) is 32.2 Å². The first-order valence-corrected chi connectivity index (χ1v) is 9.62. The molecule has 0 aromatic carbocycles. The Kier molecular flexibility index (Phi) is 10.4. The van der Waals surface area contributed by atoms with Crippen molar-refractivity contribution < 1.29 is 28.6 Å². The number of hydrogen-bond donors (Lipinski definition) is 0. The molecule has 0 bridgehead atoms. The molecule has 1 heterocycles. The van der Waals surface area contributed by atoms with Crippen molar-refractivity contribution in [2.24, 2.45) is 5.92 Å². The average Bonchev–Trinajstić information content (AvgIpc) is 2.65. The van der Waals surface area contributed by atoms with E-state index in [4.69, 9.17) is 14.2 Å². The largest absolute Gasteiger partial charge is 0.466 e. The maximum absolute atomic E-state index is 12.2. The molecule has 0 spiro atoms. The van der Waals surface area contributed by atoms with Crippen LogP contribution in [0.15, 0.2) is 24.5 Å². The monoisotopic (exact) mass is 393 g/mol. The number of carbonyl (C=O) groups excluding carboxylic acids is 3. The molecule has 1 aromatic heterocycles. The number of esters is 2. The lowest BCUT2D eigenvalue weighted by Gasteiger charge is -2.24. The van der Waals surface area contributed by atoms with Crippen LogP contribution in [0.4, 0.5) is 0 Å². The molecule has 0 radical (unpaired) electrons. The van der Waals surface area contributed by atoms with Crippen LogP contribution in [0.25, 0.3) is 0 Å². The minimum absolute atomic E-state index is 0.00523. The third-order valence-electron chi connectivity index (χ3n) is 4.07. The molecular formula is C21H31NO6. The molecular weight excluding hydrogens is 362 g/mol. The van der Waals surface area contributed by atoms with Gasteiger partial charge in [-0.25, -0.2) is 4.79 Å². The second-order valence-corrected chi connectivity index (χ2v) is 7.42. The maximum Gasteiger partial charge on any atom is 0.339 e. The lowest BCUT2D eigenvalue weighted by molar-refractivity contribution is -0.148. The summed E-state index contributed by atoms with van der Waals surface area (Å²) >= 11 is 0. The zero-order valence-corrected chi connectivity index (χ0v) is 17.2. The highest BCUT2D eigenvalue weighted by molar-refractivity contribution is 5.89. The third-order valence-corrected chi connectivity index (χ3v) is 4.07. The minimum atomic E-state index is -0.907. The summed E-state index contributed by atoms with van der Waals surface area (Å²) in [6.45, 7) is 8.40. The quantitative estimate of drug-likeness (QED) is 0.375. The molecule has 156 valence electrons. The standard InChI is InChI=1S/C21H31NO6/c1-16(2)10-14-28-21(3,4)18(23)8-9-19(24)26-12-6-13-27-20(25)17-7-5-11-22-15-17/h5,7,11,15-16H,6,8-10,12-14H2,1-4H3. The Morgan fingerprint density at radius 3 is 2.43 bits per heavy atom. The number of pyridine rings is 1. The SMILES string of the molecule is CC(C)CCOC(C)(C)C(=O)CCC(=O)OCCCOC(=O)c1cccnc1. The van der Waals surface area contributed by atoms with E-state index in [1.165, 1.54) is 6.20 Å². The summed E-state index contributed by atoms with van der Waals surface area (Å²) in [5.74, 6) is -0.544. The van der Waals surface area contributed by atoms with Gasteiger partial charge in [0.05, 0.1) is 25.2 Å². The molecule has 0 saturated heterocycles. The van der Waals surface area contributed by atoms with E-state index in [0.29, 0.717) is 24.5 Å². The first-order valence-electron chi connectivity index (χ1n) is 9.62. The molecule has 0 amide bonds. The zero-order chi connectivity index (χ0) is 21.0. The minimum Gasteiger partial charge on any atom is -0.466 e. The van der Waals surface area contributed by atoms with E-state index >= 15 is 0 Å². The molecule has 1 aromatic rings. The van der Waals surface area contributed by atoms with Crippen molar-refractivity contribution in [2.45, 2.75) is 59.0 Å². The Morgan fingerprint density at radius 2 is 1.79 bits per heavy atom. The van der Waals surface area contributed by atoms with E-state index in [2.05, 4.69) is 18.8 Å². The number of carbonyl (C=O) groups is 3. The smallest absolute Gasteiger partial charge is 0.339 e. The summed E-state index contributed by atoms with van der Waals surface area (Å²) < 4.78 is 15.8. The van der Waals surface area contributed by atoms with Gasteiger partial charge in [-0.05, 0) is 38.3 Å². The Bertz CT molecular complexity index is 627. The molecule has 0 saturated carbocycles. The van der Waals surface area contributed by atoms with Crippen molar-refractivity contribution in [2.75, 3.05) is 19.8 Å². The topological polar surface area (TPSA) is 91.8 Å². The van der Waals surface area contributed by atoms with Crippen molar-refractivity contribution in [3.05, 3.63) is 30.1 Å². The van der Waals surface area contributed by atoms with Gasteiger partial charge in [0.15, 0.2) is 5.78 Å². The zero-order valence-electron chi connectivity index (χ0n) is 17.2. The van der Waals surface area contributed by atoms with Crippen molar-refractivity contribution in [3.63, 3.8) is 0 Å². The van der Waals surface area contributed by atoms with Crippen LogP contribution in [0.1, 0.15) is 63.7 Å². The van der Waals surface area contributed by atoms with E-state index in [9.17, 15) is 14.4 Å². The predicted octanol–water partition coefficient (Wildman–Crippen LogP) is 3.36. The Morgan fingerprint density at radius 1 is 1.07 bits per heavy atom. The highest BCUT2D eigenvalue weighted by atomic mass is 16.5. The summed E-state index contributed by atoms with van der Waals surface area (Å²) in [4.78, 5) is 39.5. The molecule has 0 aliphatic carbocycles. The van der Waals surface area contributed by atoms with Gasteiger partial charge in [0.2, 0.25) is 0 Å². The van der Waals surface area contributed by atoms with Crippen LogP contribution >= 0.6 is 0 Å². The molecule has 0 aliphatic rings. The molecule has 7 nitrogen and oxygen atoms in total. The molecule has 1 rings (SSSR count). The Balaban J connectivity index is 2.16. The second-order valence-electron chi connectivity index (χ2n) is 7.42. The van der Waals surface area contributed by atoms with Crippen LogP contribution in [0, 0.1) is 5.92 Å². The van der Waals surface area contributed by atoms with Gasteiger partial charge in [0.25, 0.3) is 0 Å².